The van der Waals surface area contributed by atoms with Gasteiger partial charge in [0, 0.05) is 11.3 Å². The first-order chi connectivity index (χ1) is 8.21. The molecule has 6 N–H and O–H groups in total. The number of benzene rings is 1. The van der Waals surface area contributed by atoms with Crippen molar-refractivity contribution < 1.29 is 13.2 Å². The molecule has 18 heavy (non-hydrogen) atoms. The summed E-state index contributed by atoms with van der Waals surface area (Å²) in [6, 6.07) is 3.36. The molecule has 0 aromatic heterocycles. The molecule has 1 aromatic rings. The number of alkyl halides is 3. The van der Waals surface area contributed by atoms with Gasteiger partial charge in [-0.15, -0.1) is 0 Å². The van der Waals surface area contributed by atoms with Crippen molar-refractivity contribution in [1.29, 1.82) is 0 Å². The second-order valence-electron chi connectivity index (χ2n) is 3.82. The highest BCUT2D eigenvalue weighted by molar-refractivity contribution is 5.67. The zero-order chi connectivity index (χ0) is 13.9. The summed E-state index contributed by atoms with van der Waals surface area (Å²) in [5.41, 5.74) is 16.7. The van der Waals surface area contributed by atoms with Crippen molar-refractivity contribution in [2.45, 2.75) is 13.1 Å². The van der Waals surface area contributed by atoms with E-state index in [1.807, 2.05) is 0 Å². The van der Waals surface area contributed by atoms with Gasteiger partial charge in [-0.25, -0.2) is 0 Å². The molecule has 0 amide bonds. The van der Waals surface area contributed by atoms with E-state index in [-0.39, 0.29) is 5.82 Å². The molecular formula is C12H14F3N3. The third kappa shape index (κ3) is 3.44. The first-order valence-electron chi connectivity index (χ1n) is 5.08. The third-order valence-electron chi connectivity index (χ3n) is 2.32. The molecule has 0 heterocycles. The minimum atomic E-state index is -4.36. The van der Waals surface area contributed by atoms with Gasteiger partial charge in [0.05, 0.1) is 11.4 Å². The summed E-state index contributed by atoms with van der Waals surface area (Å²) in [4.78, 5) is 0. The van der Waals surface area contributed by atoms with Gasteiger partial charge in [0.25, 0.3) is 0 Å². The Morgan fingerprint density at radius 1 is 1.11 bits per heavy atom. The molecule has 0 unspecified atom stereocenters. The van der Waals surface area contributed by atoms with Crippen LogP contribution in [0.25, 0.3) is 5.70 Å². The summed E-state index contributed by atoms with van der Waals surface area (Å²) in [5, 5.41) is 0. The van der Waals surface area contributed by atoms with Gasteiger partial charge in [0.2, 0.25) is 0 Å². The number of halogens is 3. The summed E-state index contributed by atoms with van der Waals surface area (Å²) >= 11 is 0. The molecule has 0 atom stereocenters. The fourth-order valence-corrected chi connectivity index (χ4v) is 1.44. The van der Waals surface area contributed by atoms with Gasteiger partial charge < -0.3 is 17.2 Å². The van der Waals surface area contributed by atoms with Crippen molar-refractivity contribution >= 4 is 5.70 Å². The molecule has 0 aliphatic heterocycles. The molecule has 0 saturated heterocycles. The molecular weight excluding hydrogens is 243 g/mol. The minimum absolute atomic E-state index is 0.0718. The van der Waals surface area contributed by atoms with Crippen LogP contribution < -0.4 is 17.2 Å². The normalized spacial score (nSPS) is 12.3. The van der Waals surface area contributed by atoms with Gasteiger partial charge in [0.15, 0.2) is 0 Å². The standard InChI is InChI=1S/C12H14F3N3/c1-7-6-8(12(13,14)15)2-3-9(7)10(16)4-5-11(17)18/h2-6H,16-18H2,1H3/b10-4-. The van der Waals surface area contributed by atoms with E-state index in [9.17, 15) is 13.2 Å². The monoisotopic (exact) mass is 257 g/mol. The maximum atomic E-state index is 12.5. The van der Waals surface area contributed by atoms with Crippen LogP contribution in [0, 0.1) is 6.92 Å². The molecule has 3 nitrogen and oxygen atoms in total. The minimum Gasteiger partial charge on any atom is -0.398 e. The number of nitrogens with two attached hydrogens (primary N) is 3. The SMILES string of the molecule is Cc1cc(C(F)(F)F)ccc1/C(N)=C/C=C(N)N. The van der Waals surface area contributed by atoms with Gasteiger partial charge in [-0.1, -0.05) is 6.07 Å². The molecule has 1 aromatic carbocycles. The van der Waals surface area contributed by atoms with E-state index in [4.69, 9.17) is 17.2 Å². The van der Waals surface area contributed by atoms with Crippen molar-refractivity contribution in [3.05, 3.63) is 52.9 Å². The van der Waals surface area contributed by atoms with E-state index in [2.05, 4.69) is 0 Å². The summed E-state index contributed by atoms with van der Waals surface area (Å²) in [7, 11) is 0. The van der Waals surface area contributed by atoms with Crippen LogP contribution in [-0.2, 0) is 6.18 Å². The summed E-state index contributed by atoms with van der Waals surface area (Å²) < 4.78 is 37.4. The first kappa shape index (κ1) is 14.0. The Hall–Kier alpha value is -2.11. The Kier molecular flexibility index (Phi) is 3.90. The Balaban J connectivity index is 3.14. The predicted octanol–water partition coefficient (Wildman–Crippen LogP) is 2.07. The van der Waals surface area contributed by atoms with Crippen molar-refractivity contribution in [2.24, 2.45) is 17.2 Å². The summed E-state index contributed by atoms with van der Waals surface area (Å²) in [5.74, 6) is 0.0718. The van der Waals surface area contributed by atoms with Crippen molar-refractivity contribution in [1.82, 2.24) is 0 Å². The van der Waals surface area contributed by atoms with Crippen LogP contribution in [0.4, 0.5) is 13.2 Å². The number of allylic oxidation sites excluding steroid dienone is 2. The topological polar surface area (TPSA) is 78.1 Å². The fraction of sp³-hybridized carbons (Fsp3) is 0.167. The molecule has 0 radical (unpaired) electrons. The molecule has 6 heteroatoms. The largest absolute Gasteiger partial charge is 0.416 e. The lowest BCUT2D eigenvalue weighted by molar-refractivity contribution is -0.137. The van der Waals surface area contributed by atoms with Gasteiger partial charge in [-0.3, -0.25) is 0 Å². The van der Waals surface area contributed by atoms with E-state index in [0.717, 1.165) is 12.1 Å². The van der Waals surface area contributed by atoms with Gasteiger partial charge in [-0.05, 0) is 36.8 Å². The van der Waals surface area contributed by atoms with Crippen LogP contribution in [0.15, 0.2) is 36.2 Å². The van der Waals surface area contributed by atoms with Crippen LogP contribution in [0.3, 0.4) is 0 Å². The molecule has 0 bridgehead atoms. The Bertz CT molecular complexity index is 498. The Morgan fingerprint density at radius 3 is 2.17 bits per heavy atom. The Labute approximate surface area is 103 Å². The maximum absolute atomic E-state index is 12.5. The summed E-state index contributed by atoms with van der Waals surface area (Å²) in [6.45, 7) is 1.56. The van der Waals surface area contributed by atoms with Crippen LogP contribution in [-0.4, -0.2) is 0 Å². The molecule has 0 aliphatic rings. The highest BCUT2D eigenvalue weighted by Crippen LogP contribution is 2.31. The fourth-order valence-electron chi connectivity index (χ4n) is 1.44. The summed E-state index contributed by atoms with van der Waals surface area (Å²) in [6.07, 6.45) is -1.53. The lowest BCUT2D eigenvalue weighted by Gasteiger charge is -2.11. The number of aryl methyl sites for hydroxylation is 1. The number of rotatable bonds is 2. The lowest BCUT2D eigenvalue weighted by atomic mass is 10.0. The Morgan fingerprint density at radius 2 is 1.72 bits per heavy atom. The average Bonchev–Trinajstić information content (AvgIpc) is 2.24. The van der Waals surface area contributed by atoms with Crippen LogP contribution in [0.5, 0.6) is 0 Å². The predicted molar refractivity (Wildman–Crippen MR) is 64.8 cm³/mol. The lowest BCUT2D eigenvalue weighted by Crippen LogP contribution is -2.08. The average molecular weight is 257 g/mol. The van der Waals surface area contributed by atoms with E-state index < -0.39 is 11.7 Å². The van der Waals surface area contributed by atoms with Crippen molar-refractivity contribution in [2.75, 3.05) is 0 Å². The van der Waals surface area contributed by atoms with Crippen LogP contribution in [0.2, 0.25) is 0 Å². The van der Waals surface area contributed by atoms with Gasteiger partial charge in [-0.2, -0.15) is 13.2 Å². The third-order valence-corrected chi connectivity index (χ3v) is 2.32. The molecule has 0 saturated carbocycles. The highest BCUT2D eigenvalue weighted by atomic mass is 19.4. The second kappa shape index (κ2) is 5.03. The first-order valence-corrected chi connectivity index (χ1v) is 5.08. The van der Waals surface area contributed by atoms with Gasteiger partial charge >= 0.3 is 6.18 Å². The molecule has 0 aliphatic carbocycles. The maximum Gasteiger partial charge on any atom is 0.416 e. The number of hydrogen-bond donors (Lipinski definition) is 3. The van der Waals surface area contributed by atoms with E-state index >= 15 is 0 Å². The number of hydrogen-bond acceptors (Lipinski definition) is 3. The second-order valence-corrected chi connectivity index (χ2v) is 3.82. The van der Waals surface area contributed by atoms with Crippen LogP contribution in [0.1, 0.15) is 16.7 Å². The van der Waals surface area contributed by atoms with Crippen LogP contribution >= 0.6 is 0 Å². The highest BCUT2D eigenvalue weighted by Gasteiger charge is 2.30. The van der Waals surface area contributed by atoms with E-state index in [1.165, 1.54) is 18.2 Å². The smallest absolute Gasteiger partial charge is 0.398 e. The van der Waals surface area contributed by atoms with E-state index in [1.54, 1.807) is 6.92 Å². The van der Waals surface area contributed by atoms with Crippen molar-refractivity contribution in [3.63, 3.8) is 0 Å². The van der Waals surface area contributed by atoms with Gasteiger partial charge in [0.1, 0.15) is 0 Å². The molecule has 1 rings (SSSR count). The zero-order valence-corrected chi connectivity index (χ0v) is 9.75. The molecule has 0 spiro atoms. The zero-order valence-electron chi connectivity index (χ0n) is 9.75. The van der Waals surface area contributed by atoms with E-state index in [0.29, 0.717) is 16.8 Å². The van der Waals surface area contributed by atoms with Crippen molar-refractivity contribution in [3.8, 4) is 0 Å². The molecule has 98 valence electrons. The quantitative estimate of drug-likeness (QED) is 0.710. The molecule has 0 fully saturated rings.